The van der Waals surface area contributed by atoms with Gasteiger partial charge < -0.3 is 0 Å². The number of carbonyl (C=O) groups is 1. The molecular weight excluding hydrogens is 511 g/mol. The minimum atomic E-state index is -4.00. The molecule has 1 aliphatic rings. The van der Waals surface area contributed by atoms with Gasteiger partial charge in [-0.25, -0.2) is 17.8 Å². The predicted octanol–water partition coefficient (Wildman–Crippen LogP) is 4.87. The Morgan fingerprint density at radius 2 is 1.97 bits per heavy atom. The smallest absolute Gasteiger partial charge is 0.247 e. The largest absolute Gasteiger partial charge is 0.282 e. The summed E-state index contributed by atoms with van der Waals surface area (Å²) >= 11 is 7.63. The SMILES string of the molecule is O=C(C1CCCN1S(=O)(=O)c1ccc(F)cc1)N(Cc1cccnc1)c1nc2c(Cl)cccc2s1. The summed E-state index contributed by atoms with van der Waals surface area (Å²) in [5.74, 6) is -0.914. The molecule has 0 bridgehead atoms. The molecule has 1 amide bonds. The van der Waals surface area contributed by atoms with Crippen molar-refractivity contribution < 1.29 is 17.6 Å². The van der Waals surface area contributed by atoms with Gasteiger partial charge in [-0.3, -0.25) is 14.7 Å². The minimum absolute atomic E-state index is 0.0517. The van der Waals surface area contributed by atoms with Crippen LogP contribution in [0.25, 0.3) is 10.2 Å². The van der Waals surface area contributed by atoms with Crippen LogP contribution in [-0.4, -0.2) is 41.2 Å². The van der Waals surface area contributed by atoms with E-state index in [1.165, 1.54) is 32.7 Å². The van der Waals surface area contributed by atoms with E-state index < -0.39 is 21.9 Å². The third kappa shape index (κ3) is 4.66. The number of amides is 1. The van der Waals surface area contributed by atoms with E-state index >= 15 is 0 Å². The zero-order valence-corrected chi connectivity index (χ0v) is 20.7. The second-order valence-corrected chi connectivity index (χ2v) is 11.4. The van der Waals surface area contributed by atoms with Crippen LogP contribution in [-0.2, 0) is 21.4 Å². The molecular formula is C24H20ClFN4O3S2. The molecule has 0 spiro atoms. The van der Waals surface area contributed by atoms with E-state index in [2.05, 4.69) is 9.97 Å². The van der Waals surface area contributed by atoms with Crippen LogP contribution < -0.4 is 4.90 Å². The molecule has 2 aromatic carbocycles. The van der Waals surface area contributed by atoms with Crippen molar-refractivity contribution in [2.75, 3.05) is 11.4 Å². The fourth-order valence-electron chi connectivity index (χ4n) is 4.13. The molecule has 180 valence electrons. The highest BCUT2D eigenvalue weighted by molar-refractivity contribution is 7.89. The minimum Gasteiger partial charge on any atom is -0.282 e. The Bertz CT molecular complexity index is 1480. The Kier molecular flexibility index (Phi) is 6.54. The number of benzene rings is 2. The fraction of sp³-hybridized carbons (Fsp3) is 0.208. The van der Waals surface area contributed by atoms with Crippen molar-refractivity contribution in [3.8, 4) is 0 Å². The number of nitrogens with zero attached hydrogens (tertiary/aromatic N) is 4. The Labute approximate surface area is 210 Å². The number of para-hydroxylation sites is 1. The van der Waals surface area contributed by atoms with Crippen LogP contribution in [0.2, 0.25) is 5.02 Å². The van der Waals surface area contributed by atoms with E-state index in [-0.39, 0.29) is 23.9 Å². The quantitative estimate of drug-likeness (QED) is 0.355. The Balaban J connectivity index is 1.53. The van der Waals surface area contributed by atoms with Crippen molar-refractivity contribution in [2.24, 2.45) is 0 Å². The number of pyridine rings is 1. The predicted molar refractivity (Wildman–Crippen MR) is 133 cm³/mol. The van der Waals surface area contributed by atoms with Crippen LogP contribution in [0.3, 0.4) is 0 Å². The van der Waals surface area contributed by atoms with Crippen molar-refractivity contribution >= 4 is 54.2 Å². The third-order valence-corrected chi connectivity index (χ3v) is 9.10. The van der Waals surface area contributed by atoms with Crippen molar-refractivity contribution in [3.63, 3.8) is 0 Å². The maximum Gasteiger partial charge on any atom is 0.247 e. The number of fused-ring (bicyclic) bond motifs is 1. The van der Waals surface area contributed by atoms with E-state index in [1.54, 1.807) is 24.5 Å². The average molecular weight is 531 g/mol. The number of halogens is 2. The van der Waals surface area contributed by atoms with Crippen molar-refractivity contribution in [3.05, 3.63) is 83.4 Å². The Morgan fingerprint density at radius 1 is 1.17 bits per heavy atom. The van der Waals surface area contributed by atoms with Gasteiger partial charge in [-0.1, -0.05) is 35.1 Å². The first-order valence-electron chi connectivity index (χ1n) is 10.9. The van der Waals surface area contributed by atoms with Gasteiger partial charge in [-0.15, -0.1) is 0 Å². The second kappa shape index (κ2) is 9.62. The maximum absolute atomic E-state index is 13.9. The van der Waals surface area contributed by atoms with Gasteiger partial charge in [-0.05, 0) is 60.9 Å². The molecule has 1 aliphatic heterocycles. The summed E-state index contributed by atoms with van der Waals surface area (Å²) in [4.78, 5) is 24.1. The van der Waals surface area contributed by atoms with E-state index in [0.717, 1.165) is 22.4 Å². The highest BCUT2D eigenvalue weighted by atomic mass is 35.5. The number of anilines is 1. The van der Waals surface area contributed by atoms with Gasteiger partial charge in [0.2, 0.25) is 15.9 Å². The lowest BCUT2D eigenvalue weighted by atomic mass is 10.2. The number of rotatable bonds is 6. The first kappa shape index (κ1) is 23.8. The first-order chi connectivity index (χ1) is 16.8. The zero-order chi connectivity index (χ0) is 24.6. The molecule has 1 unspecified atom stereocenters. The number of hydrogen-bond acceptors (Lipinski definition) is 6. The van der Waals surface area contributed by atoms with E-state index in [0.29, 0.717) is 28.5 Å². The molecule has 5 rings (SSSR count). The van der Waals surface area contributed by atoms with E-state index in [9.17, 15) is 17.6 Å². The molecule has 35 heavy (non-hydrogen) atoms. The summed E-state index contributed by atoms with van der Waals surface area (Å²) in [6.45, 7) is 0.369. The number of sulfonamides is 1. The number of thiazole rings is 1. The van der Waals surface area contributed by atoms with Crippen LogP contribution in [0.15, 0.2) is 71.9 Å². The van der Waals surface area contributed by atoms with Gasteiger partial charge in [0.15, 0.2) is 5.13 Å². The van der Waals surface area contributed by atoms with Gasteiger partial charge >= 0.3 is 0 Å². The van der Waals surface area contributed by atoms with Crippen LogP contribution >= 0.6 is 22.9 Å². The highest BCUT2D eigenvalue weighted by Crippen LogP contribution is 2.35. The normalized spacial score (nSPS) is 16.6. The summed E-state index contributed by atoms with van der Waals surface area (Å²) in [5.41, 5.74) is 1.36. The topological polar surface area (TPSA) is 83.5 Å². The van der Waals surface area contributed by atoms with Crippen LogP contribution in [0.4, 0.5) is 9.52 Å². The van der Waals surface area contributed by atoms with Crippen LogP contribution in [0, 0.1) is 5.82 Å². The molecule has 0 radical (unpaired) electrons. The van der Waals surface area contributed by atoms with Crippen molar-refractivity contribution in [1.29, 1.82) is 0 Å². The molecule has 3 heterocycles. The third-order valence-electron chi connectivity index (χ3n) is 5.83. The lowest BCUT2D eigenvalue weighted by Crippen LogP contribution is -2.47. The number of hydrogen-bond donors (Lipinski definition) is 0. The Hall–Kier alpha value is -2.92. The van der Waals surface area contributed by atoms with Crippen LogP contribution in [0.1, 0.15) is 18.4 Å². The van der Waals surface area contributed by atoms with E-state index in [1.807, 2.05) is 18.2 Å². The van der Waals surface area contributed by atoms with Gasteiger partial charge in [0.1, 0.15) is 17.4 Å². The molecule has 0 N–H and O–H groups in total. The summed E-state index contributed by atoms with van der Waals surface area (Å²) in [6, 6.07) is 12.7. The molecule has 0 aliphatic carbocycles. The average Bonchev–Trinajstić information content (AvgIpc) is 3.52. The summed E-state index contributed by atoms with van der Waals surface area (Å²) in [6.07, 6.45) is 4.20. The van der Waals surface area contributed by atoms with Crippen molar-refractivity contribution in [2.45, 2.75) is 30.3 Å². The van der Waals surface area contributed by atoms with Gasteiger partial charge in [0.05, 0.1) is 21.2 Å². The molecule has 1 fully saturated rings. The van der Waals surface area contributed by atoms with E-state index in [4.69, 9.17) is 11.6 Å². The summed E-state index contributed by atoms with van der Waals surface area (Å²) < 4.78 is 42.1. The molecule has 1 atom stereocenters. The lowest BCUT2D eigenvalue weighted by molar-refractivity contribution is -0.121. The molecule has 4 aromatic rings. The Morgan fingerprint density at radius 3 is 2.69 bits per heavy atom. The molecule has 11 heteroatoms. The zero-order valence-electron chi connectivity index (χ0n) is 18.3. The standard InChI is InChI=1S/C24H20ClFN4O3S2/c25-19-5-1-7-21-22(19)28-24(34-21)29(15-16-4-2-12-27-14-16)23(31)20-6-3-13-30(20)35(32,33)18-10-8-17(26)9-11-18/h1-2,4-5,7-12,14,20H,3,6,13,15H2. The van der Waals surface area contributed by atoms with Gasteiger partial charge in [-0.2, -0.15) is 4.31 Å². The number of aromatic nitrogens is 2. The number of carbonyl (C=O) groups excluding carboxylic acids is 1. The fourth-order valence-corrected chi connectivity index (χ4v) is 7.05. The lowest BCUT2D eigenvalue weighted by Gasteiger charge is -2.28. The molecule has 7 nitrogen and oxygen atoms in total. The summed E-state index contributed by atoms with van der Waals surface area (Å²) in [5, 5.41) is 0.896. The molecule has 0 saturated carbocycles. The maximum atomic E-state index is 13.9. The van der Waals surface area contributed by atoms with Crippen LogP contribution in [0.5, 0.6) is 0 Å². The molecule has 2 aromatic heterocycles. The molecule has 1 saturated heterocycles. The monoisotopic (exact) mass is 530 g/mol. The first-order valence-corrected chi connectivity index (χ1v) is 13.5. The second-order valence-electron chi connectivity index (χ2n) is 8.10. The summed E-state index contributed by atoms with van der Waals surface area (Å²) in [7, 11) is -4.00. The van der Waals surface area contributed by atoms with Gasteiger partial charge in [0, 0.05) is 18.9 Å². The van der Waals surface area contributed by atoms with Gasteiger partial charge in [0.25, 0.3) is 0 Å². The van der Waals surface area contributed by atoms with Crippen molar-refractivity contribution in [1.82, 2.24) is 14.3 Å². The highest BCUT2D eigenvalue weighted by Gasteiger charge is 2.42.